The van der Waals surface area contributed by atoms with Crippen LogP contribution in [0.3, 0.4) is 0 Å². The summed E-state index contributed by atoms with van der Waals surface area (Å²) in [5.41, 5.74) is 2.88. The topological polar surface area (TPSA) is 40.7 Å². The van der Waals surface area contributed by atoms with Gasteiger partial charge in [0.2, 0.25) is 0 Å². The fourth-order valence-corrected chi connectivity index (χ4v) is 3.24. The Kier molecular flexibility index (Phi) is 2.96. The number of hydrogen-bond acceptors (Lipinski definition) is 2. The van der Waals surface area contributed by atoms with Crippen LogP contribution in [0.4, 0.5) is 0 Å². The maximum atomic E-state index is 4.28. The maximum Gasteiger partial charge on any atom is 0.0556 e. The van der Waals surface area contributed by atoms with Gasteiger partial charge in [-0.25, -0.2) is 0 Å². The van der Waals surface area contributed by atoms with E-state index in [1.165, 1.54) is 56.2 Å². The second-order valence-corrected chi connectivity index (χ2v) is 5.22. The van der Waals surface area contributed by atoms with Gasteiger partial charge in [-0.1, -0.05) is 19.3 Å². The molecule has 0 bridgehead atoms. The number of rotatable bonds is 2. The molecule has 2 N–H and O–H groups in total. The predicted molar refractivity (Wildman–Crippen MR) is 64.4 cm³/mol. The molecule has 3 nitrogen and oxygen atoms in total. The van der Waals surface area contributed by atoms with E-state index in [1.807, 2.05) is 0 Å². The zero-order chi connectivity index (χ0) is 10.8. The first-order chi connectivity index (χ1) is 7.95. The molecule has 0 spiro atoms. The molecule has 1 aromatic heterocycles. The van der Waals surface area contributed by atoms with Crippen LogP contribution in [0.1, 0.15) is 68.2 Å². The van der Waals surface area contributed by atoms with Crippen molar-refractivity contribution in [1.82, 2.24) is 15.5 Å². The minimum atomic E-state index is 0.534. The number of nitrogens with zero attached hydrogens (tertiary/aromatic N) is 1. The first-order valence-corrected chi connectivity index (χ1v) is 6.71. The Bertz CT molecular complexity index is 333. The van der Waals surface area contributed by atoms with Gasteiger partial charge in [-0.15, -0.1) is 0 Å². The molecule has 0 amide bonds. The third kappa shape index (κ3) is 1.88. The molecule has 1 unspecified atom stereocenters. The Hall–Kier alpha value is -0.830. The summed E-state index contributed by atoms with van der Waals surface area (Å²) in [6.07, 6.45) is 11.5. The number of nitrogens with one attached hydrogen (secondary N) is 2. The van der Waals surface area contributed by atoms with Crippen molar-refractivity contribution < 1.29 is 0 Å². The van der Waals surface area contributed by atoms with Gasteiger partial charge in [0, 0.05) is 6.04 Å². The third-order valence-electron chi connectivity index (χ3n) is 4.15. The molecule has 3 heteroatoms. The van der Waals surface area contributed by atoms with Crippen LogP contribution in [0.25, 0.3) is 0 Å². The lowest BCUT2D eigenvalue weighted by Crippen LogP contribution is -2.28. The summed E-state index contributed by atoms with van der Waals surface area (Å²) in [5.74, 6) is 0.775. The van der Waals surface area contributed by atoms with Crippen molar-refractivity contribution in [2.45, 2.75) is 56.9 Å². The van der Waals surface area contributed by atoms with Crippen molar-refractivity contribution in [2.24, 2.45) is 0 Å². The molecule has 3 rings (SSSR count). The van der Waals surface area contributed by atoms with Gasteiger partial charge in [0.05, 0.1) is 11.9 Å². The fourth-order valence-electron chi connectivity index (χ4n) is 3.24. The Morgan fingerprint density at radius 3 is 2.62 bits per heavy atom. The minimum absolute atomic E-state index is 0.534. The fraction of sp³-hybridized carbons (Fsp3) is 0.769. The second kappa shape index (κ2) is 4.58. The second-order valence-electron chi connectivity index (χ2n) is 5.22. The average Bonchev–Trinajstić information content (AvgIpc) is 3.01. The highest BCUT2D eigenvalue weighted by Crippen LogP contribution is 2.37. The predicted octanol–water partition coefficient (Wildman–Crippen LogP) is 2.88. The summed E-state index contributed by atoms with van der Waals surface area (Å²) < 4.78 is 0. The summed E-state index contributed by atoms with van der Waals surface area (Å²) in [7, 11) is 0. The minimum Gasteiger partial charge on any atom is -0.309 e. The van der Waals surface area contributed by atoms with Crippen LogP contribution in [-0.2, 0) is 0 Å². The van der Waals surface area contributed by atoms with E-state index in [1.54, 1.807) is 0 Å². The van der Waals surface area contributed by atoms with Gasteiger partial charge >= 0.3 is 0 Å². The maximum absolute atomic E-state index is 4.28. The van der Waals surface area contributed by atoms with Gasteiger partial charge in [0.1, 0.15) is 0 Å². The van der Waals surface area contributed by atoms with E-state index < -0.39 is 0 Å². The van der Waals surface area contributed by atoms with Gasteiger partial charge in [0.25, 0.3) is 0 Å². The summed E-state index contributed by atoms with van der Waals surface area (Å²) >= 11 is 0. The normalized spacial score (nSPS) is 27.4. The van der Waals surface area contributed by atoms with Crippen molar-refractivity contribution >= 4 is 0 Å². The first kappa shape index (κ1) is 10.3. The number of aromatic nitrogens is 2. The molecule has 1 aromatic rings. The summed E-state index contributed by atoms with van der Waals surface area (Å²) in [4.78, 5) is 0. The van der Waals surface area contributed by atoms with Crippen molar-refractivity contribution in [1.29, 1.82) is 0 Å². The number of aromatic amines is 1. The first-order valence-electron chi connectivity index (χ1n) is 6.71. The molecular formula is C13H21N3. The highest BCUT2D eigenvalue weighted by Gasteiger charge is 2.25. The molecule has 1 saturated heterocycles. The van der Waals surface area contributed by atoms with Crippen molar-refractivity contribution in [3.8, 4) is 0 Å². The Morgan fingerprint density at radius 2 is 1.88 bits per heavy atom. The van der Waals surface area contributed by atoms with E-state index in [2.05, 4.69) is 21.7 Å². The molecule has 2 fully saturated rings. The van der Waals surface area contributed by atoms with E-state index in [0.717, 1.165) is 12.5 Å². The Morgan fingerprint density at radius 1 is 1.06 bits per heavy atom. The summed E-state index contributed by atoms with van der Waals surface area (Å²) in [6.45, 7) is 1.16. The van der Waals surface area contributed by atoms with Crippen LogP contribution in [0, 0.1) is 0 Å². The van der Waals surface area contributed by atoms with Crippen LogP contribution in [0.5, 0.6) is 0 Å². The van der Waals surface area contributed by atoms with E-state index in [0.29, 0.717) is 6.04 Å². The van der Waals surface area contributed by atoms with E-state index in [4.69, 9.17) is 0 Å². The molecule has 1 atom stereocenters. The van der Waals surface area contributed by atoms with Gasteiger partial charge in [-0.05, 0) is 43.7 Å². The molecule has 2 aliphatic rings. The van der Waals surface area contributed by atoms with E-state index in [-0.39, 0.29) is 0 Å². The SMILES string of the molecule is c1n[nH]c(C2CCCCN2)c1C1CCCC1. The third-order valence-corrected chi connectivity index (χ3v) is 4.15. The highest BCUT2D eigenvalue weighted by atomic mass is 15.1. The largest absolute Gasteiger partial charge is 0.309 e. The van der Waals surface area contributed by atoms with E-state index in [9.17, 15) is 0 Å². The van der Waals surface area contributed by atoms with Crippen LogP contribution in [-0.4, -0.2) is 16.7 Å². The molecule has 1 aliphatic carbocycles. The molecule has 1 aliphatic heterocycles. The molecule has 16 heavy (non-hydrogen) atoms. The summed E-state index contributed by atoms with van der Waals surface area (Å²) in [5, 5.41) is 11.1. The van der Waals surface area contributed by atoms with Gasteiger partial charge < -0.3 is 5.32 Å². The van der Waals surface area contributed by atoms with Gasteiger partial charge in [0.15, 0.2) is 0 Å². The smallest absolute Gasteiger partial charge is 0.0556 e. The molecule has 1 saturated carbocycles. The van der Waals surface area contributed by atoms with Gasteiger partial charge in [-0.2, -0.15) is 5.10 Å². The molecular weight excluding hydrogens is 198 g/mol. The van der Waals surface area contributed by atoms with Crippen LogP contribution >= 0.6 is 0 Å². The lowest BCUT2D eigenvalue weighted by Gasteiger charge is -2.24. The molecule has 88 valence electrons. The molecule has 2 heterocycles. The van der Waals surface area contributed by atoms with Crippen LogP contribution in [0.15, 0.2) is 6.20 Å². The van der Waals surface area contributed by atoms with Crippen molar-refractivity contribution in [3.63, 3.8) is 0 Å². The number of hydrogen-bond donors (Lipinski definition) is 2. The molecule has 0 aromatic carbocycles. The monoisotopic (exact) mass is 219 g/mol. The Balaban J connectivity index is 1.80. The zero-order valence-electron chi connectivity index (χ0n) is 9.84. The number of H-pyrrole nitrogens is 1. The zero-order valence-corrected chi connectivity index (χ0v) is 9.84. The van der Waals surface area contributed by atoms with Gasteiger partial charge in [-0.3, -0.25) is 5.10 Å². The standard InChI is InChI=1S/C13H21N3/c1-2-6-10(5-1)11-9-15-16-13(11)12-7-3-4-8-14-12/h9-10,12,14H,1-8H2,(H,15,16). The number of piperidine rings is 1. The quantitative estimate of drug-likeness (QED) is 0.803. The Labute approximate surface area is 97.0 Å². The average molecular weight is 219 g/mol. The lowest BCUT2D eigenvalue weighted by molar-refractivity contribution is 0.401. The lowest BCUT2D eigenvalue weighted by atomic mass is 9.92. The van der Waals surface area contributed by atoms with E-state index >= 15 is 0 Å². The summed E-state index contributed by atoms with van der Waals surface area (Å²) in [6, 6.07) is 0.534. The highest BCUT2D eigenvalue weighted by molar-refractivity contribution is 5.25. The molecule has 0 radical (unpaired) electrons. The van der Waals surface area contributed by atoms with Crippen LogP contribution < -0.4 is 5.32 Å². The van der Waals surface area contributed by atoms with Crippen LogP contribution in [0.2, 0.25) is 0 Å². The van der Waals surface area contributed by atoms with Crippen molar-refractivity contribution in [2.75, 3.05) is 6.54 Å². The van der Waals surface area contributed by atoms with Crippen molar-refractivity contribution in [3.05, 3.63) is 17.5 Å².